The van der Waals surface area contributed by atoms with E-state index in [-0.39, 0.29) is 36.4 Å². The first-order valence-corrected chi connectivity index (χ1v) is 6.56. The Bertz CT molecular complexity index is 304. The standard InChI is InChI=1S/C13H22N2O2/c14-11-6-5-9(7-11)13(17)15-12-4-2-1-3-10(12)8-16/h5-6,9-12,16H,1-4,7-8,14H2,(H,15,17). The summed E-state index contributed by atoms with van der Waals surface area (Å²) < 4.78 is 0. The number of aliphatic hydroxyl groups excluding tert-OH is 1. The number of amides is 1. The van der Waals surface area contributed by atoms with Crippen LogP contribution in [0.5, 0.6) is 0 Å². The van der Waals surface area contributed by atoms with Gasteiger partial charge in [-0.3, -0.25) is 4.79 Å². The molecule has 1 amide bonds. The molecule has 2 aliphatic carbocycles. The second-order valence-corrected chi connectivity index (χ2v) is 5.23. The lowest BCUT2D eigenvalue weighted by molar-refractivity contribution is -0.125. The summed E-state index contributed by atoms with van der Waals surface area (Å²) in [6, 6.07) is 0.164. The minimum absolute atomic E-state index is 0.0192. The van der Waals surface area contributed by atoms with Crippen molar-refractivity contribution in [3.8, 4) is 0 Å². The van der Waals surface area contributed by atoms with Gasteiger partial charge in [0.25, 0.3) is 0 Å². The quantitative estimate of drug-likeness (QED) is 0.629. The molecule has 4 heteroatoms. The highest BCUT2D eigenvalue weighted by Gasteiger charge is 2.29. The van der Waals surface area contributed by atoms with Crippen LogP contribution in [0.3, 0.4) is 0 Å². The molecule has 0 aromatic heterocycles. The van der Waals surface area contributed by atoms with E-state index >= 15 is 0 Å². The van der Waals surface area contributed by atoms with E-state index in [0.29, 0.717) is 6.42 Å². The SMILES string of the molecule is NC1C=CC(C(=O)NC2CCCCC2CO)C1. The van der Waals surface area contributed by atoms with Crippen LogP contribution in [0, 0.1) is 11.8 Å². The fourth-order valence-electron chi connectivity index (χ4n) is 2.83. The lowest BCUT2D eigenvalue weighted by atomic mass is 9.84. The third kappa shape index (κ3) is 3.07. The first-order valence-electron chi connectivity index (χ1n) is 6.56. The zero-order valence-corrected chi connectivity index (χ0v) is 10.1. The molecule has 0 bridgehead atoms. The van der Waals surface area contributed by atoms with Crippen molar-refractivity contribution in [1.82, 2.24) is 5.32 Å². The number of nitrogens with two attached hydrogens (primary N) is 1. The van der Waals surface area contributed by atoms with Gasteiger partial charge in [0.2, 0.25) is 5.91 Å². The summed E-state index contributed by atoms with van der Waals surface area (Å²) in [4.78, 5) is 12.0. The number of carbonyl (C=O) groups is 1. The smallest absolute Gasteiger partial charge is 0.227 e. The molecule has 2 aliphatic rings. The van der Waals surface area contributed by atoms with E-state index in [9.17, 15) is 9.90 Å². The highest BCUT2D eigenvalue weighted by Crippen LogP contribution is 2.25. The van der Waals surface area contributed by atoms with E-state index in [1.807, 2.05) is 12.2 Å². The second kappa shape index (κ2) is 5.65. The monoisotopic (exact) mass is 238 g/mol. The second-order valence-electron chi connectivity index (χ2n) is 5.23. The zero-order valence-electron chi connectivity index (χ0n) is 10.1. The largest absolute Gasteiger partial charge is 0.396 e. The first kappa shape index (κ1) is 12.6. The van der Waals surface area contributed by atoms with Gasteiger partial charge in [0.1, 0.15) is 0 Å². The van der Waals surface area contributed by atoms with Crippen LogP contribution in [-0.2, 0) is 4.79 Å². The average molecular weight is 238 g/mol. The molecular weight excluding hydrogens is 216 g/mol. The van der Waals surface area contributed by atoms with Crippen LogP contribution in [0.25, 0.3) is 0 Å². The first-order chi connectivity index (χ1) is 8.20. The van der Waals surface area contributed by atoms with Crippen LogP contribution >= 0.6 is 0 Å². The summed E-state index contributed by atoms with van der Waals surface area (Å²) in [6.45, 7) is 0.172. The number of carbonyl (C=O) groups excluding carboxylic acids is 1. The number of nitrogens with one attached hydrogen (secondary N) is 1. The summed E-state index contributed by atoms with van der Waals surface area (Å²) in [5.41, 5.74) is 5.74. The van der Waals surface area contributed by atoms with Crippen molar-refractivity contribution in [2.24, 2.45) is 17.6 Å². The lowest BCUT2D eigenvalue weighted by Crippen LogP contribution is -2.45. The Balaban J connectivity index is 1.87. The Morgan fingerprint density at radius 3 is 2.76 bits per heavy atom. The Morgan fingerprint density at radius 1 is 1.35 bits per heavy atom. The minimum Gasteiger partial charge on any atom is -0.396 e. The van der Waals surface area contributed by atoms with Crippen molar-refractivity contribution in [3.05, 3.63) is 12.2 Å². The molecule has 4 N–H and O–H groups in total. The van der Waals surface area contributed by atoms with Crippen molar-refractivity contribution in [3.63, 3.8) is 0 Å². The molecule has 0 aromatic carbocycles. The molecule has 0 radical (unpaired) electrons. The Kier molecular flexibility index (Phi) is 4.18. The summed E-state index contributed by atoms with van der Waals surface area (Å²) >= 11 is 0. The maximum Gasteiger partial charge on any atom is 0.227 e. The van der Waals surface area contributed by atoms with Crippen LogP contribution in [0.15, 0.2) is 12.2 Å². The third-order valence-corrected chi connectivity index (χ3v) is 3.92. The van der Waals surface area contributed by atoms with E-state index in [0.717, 1.165) is 25.7 Å². The summed E-state index contributed by atoms with van der Waals surface area (Å²) in [7, 11) is 0. The fourth-order valence-corrected chi connectivity index (χ4v) is 2.83. The van der Waals surface area contributed by atoms with Gasteiger partial charge in [-0.05, 0) is 19.3 Å². The molecule has 4 nitrogen and oxygen atoms in total. The summed E-state index contributed by atoms with van der Waals surface area (Å²) in [6.07, 6.45) is 8.81. The Morgan fingerprint density at radius 2 is 2.12 bits per heavy atom. The van der Waals surface area contributed by atoms with Gasteiger partial charge in [0.15, 0.2) is 0 Å². The molecule has 0 saturated heterocycles. The maximum absolute atomic E-state index is 12.0. The highest BCUT2D eigenvalue weighted by molar-refractivity contribution is 5.81. The van der Waals surface area contributed by atoms with Crippen LogP contribution in [0.1, 0.15) is 32.1 Å². The molecule has 4 atom stereocenters. The molecule has 17 heavy (non-hydrogen) atoms. The highest BCUT2D eigenvalue weighted by atomic mass is 16.3. The average Bonchev–Trinajstić information content (AvgIpc) is 2.77. The van der Waals surface area contributed by atoms with Gasteiger partial charge in [-0.1, -0.05) is 25.0 Å². The predicted octanol–water partition coefficient (Wildman–Crippen LogP) is 0.557. The minimum atomic E-state index is -0.0775. The molecule has 0 aliphatic heterocycles. The van der Waals surface area contributed by atoms with Gasteiger partial charge in [0, 0.05) is 24.6 Å². The summed E-state index contributed by atoms with van der Waals surface area (Å²) in [5, 5.41) is 12.4. The van der Waals surface area contributed by atoms with Crippen LogP contribution in [0.2, 0.25) is 0 Å². The normalized spacial score (nSPS) is 37.1. The zero-order chi connectivity index (χ0) is 12.3. The number of rotatable bonds is 3. The molecule has 0 aromatic rings. The van der Waals surface area contributed by atoms with Gasteiger partial charge in [-0.2, -0.15) is 0 Å². The van der Waals surface area contributed by atoms with Gasteiger partial charge < -0.3 is 16.2 Å². The predicted molar refractivity (Wildman–Crippen MR) is 66.2 cm³/mol. The van der Waals surface area contributed by atoms with Crippen molar-refractivity contribution < 1.29 is 9.90 Å². The number of hydrogen-bond donors (Lipinski definition) is 3. The van der Waals surface area contributed by atoms with Crippen molar-refractivity contribution in [2.45, 2.75) is 44.2 Å². The van der Waals surface area contributed by atoms with Crippen molar-refractivity contribution >= 4 is 5.91 Å². The molecule has 4 unspecified atom stereocenters. The van der Waals surface area contributed by atoms with E-state index in [4.69, 9.17) is 5.73 Å². The molecule has 0 spiro atoms. The summed E-state index contributed by atoms with van der Waals surface area (Å²) in [5.74, 6) is 0.220. The number of aliphatic hydroxyl groups is 1. The van der Waals surface area contributed by atoms with Crippen LogP contribution in [-0.4, -0.2) is 29.7 Å². The third-order valence-electron chi connectivity index (χ3n) is 3.92. The lowest BCUT2D eigenvalue weighted by Gasteiger charge is -2.31. The van der Waals surface area contributed by atoms with Crippen LogP contribution < -0.4 is 11.1 Å². The van der Waals surface area contributed by atoms with Crippen LogP contribution in [0.4, 0.5) is 0 Å². The fraction of sp³-hybridized carbons (Fsp3) is 0.769. The topological polar surface area (TPSA) is 75.4 Å². The Hall–Kier alpha value is -0.870. The van der Waals surface area contributed by atoms with Crippen molar-refractivity contribution in [1.29, 1.82) is 0 Å². The van der Waals surface area contributed by atoms with E-state index in [2.05, 4.69) is 5.32 Å². The Labute approximate surface area is 102 Å². The molecule has 2 rings (SSSR count). The number of hydrogen-bond acceptors (Lipinski definition) is 3. The van der Waals surface area contributed by atoms with E-state index < -0.39 is 0 Å². The van der Waals surface area contributed by atoms with Crippen molar-refractivity contribution in [2.75, 3.05) is 6.61 Å². The molecule has 1 fully saturated rings. The maximum atomic E-state index is 12.0. The van der Waals surface area contributed by atoms with Gasteiger partial charge in [-0.15, -0.1) is 0 Å². The molecule has 96 valence electrons. The van der Waals surface area contributed by atoms with Gasteiger partial charge in [-0.25, -0.2) is 0 Å². The van der Waals surface area contributed by atoms with E-state index in [1.165, 1.54) is 0 Å². The van der Waals surface area contributed by atoms with Gasteiger partial charge >= 0.3 is 0 Å². The molecular formula is C13H22N2O2. The van der Waals surface area contributed by atoms with Gasteiger partial charge in [0.05, 0.1) is 5.92 Å². The molecule has 1 saturated carbocycles. The van der Waals surface area contributed by atoms with E-state index in [1.54, 1.807) is 0 Å². The molecule has 0 heterocycles.